The molecule has 0 aliphatic carbocycles. The monoisotopic (exact) mass is 259 g/mol. The summed E-state index contributed by atoms with van der Waals surface area (Å²) < 4.78 is 5.94. The number of carbonyl (C=O) groups excluding carboxylic acids is 1. The van der Waals surface area contributed by atoms with Crippen LogP contribution < -0.4 is 4.74 Å². The smallest absolute Gasteiger partial charge is 0.154 e. The van der Waals surface area contributed by atoms with Gasteiger partial charge in [-0.15, -0.1) is 0 Å². The number of aldehydes is 1. The number of hydrogen-bond acceptors (Lipinski definition) is 3. The maximum Gasteiger partial charge on any atom is 0.154 e. The zero-order chi connectivity index (χ0) is 13.4. The molecule has 2 bridgehead atoms. The predicted molar refractivity (Wildman–Crippen MR) is 74.7 cm³/mol. The fourth-order valence-electron chi connectivity index (χ4n) is 3.71. The van der Waals surface area contributed by atoms with Gasteiger partial charge in [-0.1, -0.05) is 12.1 Å². The molecule has 2 fully saturated rings. The van der Waals surface area contributed by atoms with Gasteiger partial charge in [0, 0.05) is 18.0 Å². The van der Waals surface area contributed by atoms with Crippen LogP contribution in [0.15, 0.2) is 18.2 Å². The van der Waals surface area contributed by atoms with Crippen molar-refractivity contribution in [1.29, 1.82) is 0 Å². The molecule has 2 aliphatic heterocycles. The van der Waals surface area contributed by atoms with Crippen LogP contribution >= 0.6 is 0 Å². The van der Waals surface area contributed by atoms with Crippen LogP contribution in [0.3, 0.4) is 0 Å². The van der Waals surface area contributed by atoms with Gasteiger partial charge in [0.15, 0.2) is 6.29 Å². The molecule has 102 valence electrons. The summed E-state index contributed by atoms with van der Waals surface area (Å²) >= 11 is 0. The molecule has 2 aliphatic rings. The summed E-state index contributed by atoms with van der Waals surface area (Å²) in [6.45, 7) is 2.68. The van der Waals surface area contributed by atoms with Crippen LogP contribution in [0.5, 0.6) is 5.75 Å². The third-order valence-corrected chi connectivity index (χ3v) is 4.87. The Morgan fingerprint density at radius 1 is 1.42 bits per heavy atom. The van der Waals surface area contributed by atoms with Gasteiger partial charge in [0.1, 0.15) is 5.75 Å². The van der Waals surface area contributed by atoms with Crippen molar-refractivity contribution in [3.8, 4) is 5.75 Å². The molecule has 0 aromatic heterocycles. The van der Waals surface area contributed by atoms with E-state index in [1.807, 2.05) is 25.1 Å². The molecule has 0 saturated carbocycles. The standard InChI is InChI=1S/C16H21NO2/c1-11-4-3-5-16(14(11)9-18)19-10-12-8-13-6-7-15(12)17(13)2/h3-5,9,12-13,15H,6-8,10H2,1-2H3. The Morgan fingerprint density at radius 3 is 2.89 bits per heavy atom. The lowest BCUT2D eigenvalue weighted by Gasteiger charge is -2.22. The maximum absolute atomic E-state index is 11.1. The van der Waals surface area contributed by atoms with Gasteiger partial charge in [0.2, 0.25) is 0 Å². The first-order valence-corrected chi connectivity index (χ1v) is 7.10. The Morgan fingerprint density at radius 2 is 2.26 bits per heavy atom. The highest BCUT2D eigenvalue weighted by Gasteiger charge is 2.44. The SMILES string of the molecule is Cc1cccc(OCC2CC3CCC2N3C)c1C=O. The number of ether oxygens (including phenoxy) is 1. The number of carbonyl (C=O) groups is 1. The molecule has 3 atom stereocenters. The lowest BCUT2D eigenvalue weighted by molar-refractivity contribution is 0.111. The Hall–Kier alpha value is -1.35. The van der Waals surface area contributed by atoms with Crippen LogP contribution in [0, 0.1) is 12.8 Å². The minimum Gasteiger partial charge on any atom is -0.492 e. The summed E-state index contributed by atoms with van der Waals surface area (Å²) in [5, 5.41) is 0. The first-order valence-electron chi connectivity index (χ1n) is 7.10. The molecular formula is C16H21NO2. The van der Waals surface area contributed by atoms with Crippen molar-refractivity contribution in [1.82, 2.24) is 4.90 Å². The summed E-state index contributed by atoms with van der Waals surface area (Å²) in [5.41, 5.74) is 1.68. The number of fused-ring (bicyclic) bond motifs is 2. The first-order chi connectivity index (χ1) is 9.20. The van der Waals surface area contributed by atoms with E-state index >= 15 is 0 Å². The van der Waals surface area contributed by atoms with E-state index in [0.717, 1.165) is 30.2 Å². The summed E-state index contributed by atoms with van der Waals surface area (Å²) in [7, 11) is 2.23. The van der Waals surface area contributed by atoms with E-state index in [1.165, 1.54) is 19.3 Å². The molecule has 3 nitrogen and oxygen atoms in total. The van der Waals surface area contributed by atoms with E-state index in [1.54, 1.807) is 0 Å². The number of aryl methyl sites for hydroxylation is 1. The molecule has 3 unspecified atom stereocenters. The quantitative estimate of drug-likeness (QED) is 0.779. The normalized spacial score (nSPS) is 29.7. The summed E-state index contributed by atoms with van der Waals surface area (Å²) in [5.74, 6) is 1.35. The third-order valence-electron chi connectivity index (χ3n) is 4.87. The Labute approximate surface area is 114 Å². The minimum atomic E-state index is 0.615. The van der Waals surface area contributed by atoms with E-state index in [9.17, 15) is 4.79 Å². The van der Waals surface area contributed by atoms with Crippen molar-refractivity contribution in [3.05, 3.63) is 29.3 Å². The topological polar surface area (TPSA) is 29.5 Å². The molecule has 0 amide bonds. The van der Waals surface area contributed by atoms with Gasteiger partial charge >= 0.3 is 0 Å². The zero-order valence-electron chi connectivity index (χ0n) is 11.6. The summed E-state index contributed by atoms with van der Waals surface area (Å²) in [6.07, 6.45) is 4.77. The fourth-order valence-corrected chi connectivity index (χ4v) is 3.71. The van der Waals surface area contributed by atoms with Crippen molar-refractivity contribution in [2.45, 2.75) is 38.3 Å². The van der Waals surface area contributed by atoms with Crippen LogP contribution in [0.1, 0.15) is 35.2 Å². The van der Waals surface area contributed by atoms with Gasteiger partial charge in [0.05, 0.1) is 12.2 Å². The number of rotatable bonds is 4. The maximum atomic E-state index is 11.1. The highest BCUT2D eigenvalue weighted by atomic mass is 16.5. The zero-order valence-corrected chi connectivity index (χ0v) is 11.6. The van der Waals surface area contributed by atoms with Crippen molar-refractivity contribution < 1.29 is 9.53 Å². The second kappa shape index (κ2) is 4.97. The second-order valence-electron chi connectivity index (χ2n) is 5.88. The van der Waals surface area contributed by atoms with Crippen molar-refractivity contribution >= 4 is 6.29 Å². The van der Waals surface area contributed by atoms with Gasteiger partial charge in [-0.2, -0.15) is 0 Å². The van der Waals surface area contributed by atoms with Crippen LogP contribution in [0.4, 0.5) is 0 Å². The van der Waals surface area contributed by atoms with Gasteiger partial charge < -0.3 is 9.64 Å². The van der Waals surface area contributed by atoms with Crippen LogP contribution in [-0.2, 0) is 0 Å². The molecule has 3 rings (SSSR count). The molecule has 2 saturated heterocycles. The molecule has 3 heteroatoms. The van der Waals surface area contributed by atoms with Crippen molar-refractivity contribution in [3.63, 3.8) is 0 Å². The molecule has 0 N–H and O–H groups in total. The van der Waals surface area contributed by atoms with E-state index < -0.39 is 0 Å². The molecule has 0 spiro atoms. The lowest BCUT2D eigenvalue weighted by Crippen LogP contribution is -2.28. The van der Waals surface area contributed by atoms with Gasteiger partial charge in [-0.25, -0.2) is 0 Å². The Bertz CT molecular complexity index is 486. The van der Waals surface area contributed by atoms with Crippen molar-refractivity contribution in [2.75, 3.05) is 13.7 Å². The molecule has 1 aromatic carbocycles. The summed E-state index contributed by atoms with van der Waals surface area (Å²) in [4.78, 5) is 13.6. The highest BCUT2D eigenvalue weighted by Crippen LogP contribution is 2.40. The third kappa shape index (κ3) is 2.16. The average molecular weight is 259 g/mol. The number of nitrogens with zero attached hydrogens (tertiary/aromatic N) is 1. The second-order valence-corrected chi connectivity index (χ2v) is 5.88. The highest BCUT2D eigenvalue weighted by molar-refractivity contribution is 5.81. The fraction of sp³-hybridized carbons (Fsp3) is 0.562. The van der Waals surface area contributed by atoms with Crippen LogP contribution in [-0.4, -0.2) is 36.9 Å². The van der Waals surface area contributed by atoms with E-state index in [-0.39, 0.29) is 0 Å². The number of hydrogen-bond donors (Lipinski definition) is 0. The Kier molecular flexibility index (Phi) is 3.31. The van der Waals surface area contributed by atoms with Gasteiger partial charge in [-0.05, 0) is 44.9 Å². The minimum absolute atomic E-state index is 0.615. The largest absolute Gasteiger partial charge is 0.492 e. The van der Waals surface area contributed by atoms with E-state index in [0.29, 0.717) is 17.5 Å². The molecule has 2 heterocycles. The summed E-state index contributed by atoms with van der Waals surface area (Å²) in [6, 6.07) is 7.22. The lowest BCUT2D eigenvalue weighted by atomic mass is 9.90. The molecule has 1 aromatic rings. The number of benzene rings is 1. The molecular weight excluding hydrogens is 238 g/mol. The molecule has 0 radical (unpaired) electrons. The predicted octanol–water partition coefficient (Wildman–Crippen LogP) is 2.67. The van der Waals surface area contributed by atoms with Gasteiger partial charge in [0.25, 0.3) is 0 Å². The van der Waals surface area contributed by atoms with E-state index in [2.05, 4.69) is 11.9 Å². The van der Waals surface area contributed by atoms with E-state index in [4.69, 9.17) is 4.74 Å². The Balaban J connectivity index is 1.67. The van der Waals surface area contributed by atoms with Crippen LogP contribution in [0.2, 0.25) is 0 Å². The van der Waals surface area contributed by atoms with Gasteiger partial charge in [-0.3, -0.25) is 4.79 Å². The van der Waals surface area contributed by atoms with Crippen LogP contribution in [0.25, 0.3) is 0 Å². The van der Waals surface area contributed by atoms with Crippen molar-refractivity contribution in [2.24, 2.45) is 5.92 Å². The molecule has 19 heavy (non-hydrogen) atoms. The average Bonchev–Trinajstić information content (AvgIpc) is 2.92. The first kappa shape index (κ1) is 12.7.